The van der Waals surface area contributed by atoms with Crippen molar-refractivity contribution in [2.45, 2.75) is 25.9 Å². The Hall–Kier alpha value is -0.480. The first kappa shape index (κ1) is 19.8. The number of hydrogen-bond donors (Lipinski definition) is 2. The monoisotopic (exact) mass is 404 g/mol. The van der Waals surface area contributed by atoms with Crippen LogP contribution in [-0.2, 0) is 0 Å². The molecule has 2 aromatic rings. The molecule has 0 aromatic heterocycles. The lowest BCUT2D eigenvalue weighted by molar-refractivity contribution is 0.398. The van der Waals surface area contributed by atoms with Gasteiger partial charge in [0.1, 0.15) is 0 Å². The van der Waals surface area contributed by atoms with Crippen molar-refractivity contribution >= 4 is 46.4 Å². The van der Waals surface area contributed by atoms with Gasteiger partial charge in [-0.15, -0.1) is 0 Å². The SMILES string of the molecule is CCNC(c1ccc(Cl)cc1Cl)C(NCC)c1ccc(Cl)cc1Cl. The van der Waals surface area contributed by atoms with E-state index in [0.29, 0.717) is 20.1 Å². The Morgan fingerprint density at radius 3 is 1.38 bits per heavy atom. The smallest absolute Gasteiger partial charge is 0.0533 e. The van der Waals surface area contributed by atoms with Crippen molar-refractivity contribution in [3.05, 3.63) is 67.6 Å². The molecule has 0 spiro atoms. The number of likely N-dealkylation sites (N-methyl/N-ethyl adjacent to an activating group) is 2. The maximum absolute atomic E-state index is 6.45. The molecular weight excluding hydrogens is 386 g/mol. The molecule has 0 saturated carbocycles. The van der Waals surface area contributed by atoms with Crippen LogP contribution in [0, 0.1) is 0 Å². The molecule has 2 rings (SSSR count). The summed E-state index contributed by atoms with van der Waals surface area (Å²) in [6.07, 6.45) is 0. The fourth-order valence-corrected chi connectivity index (χ4v) is 3.81. The Morgan fingerprint density at radius 2 is 1.08 bits per heavy atom. The highest BCUT2D eigenvalue weighted by Gasteiger charge is 2.27. The molecule has 0 radical (unpaired) electrons. The van der Waals surface area contributed by atoms with Gasteiger partial charge in [0.05, 0.1) is 12.1 Å². The van der Waals surface area contributed by atoms with Crippen LogP contribution in [0.25, 0.3) is 0 Å². The van der Waals surface area contributed by atoms with Crippen molar-refractivity contribution in [1.29, 1.82) is 0 Å². The summed E-state index contributed by atoms with van der Waals surface area (Å²) in [6, 6.07) is 11.0. The number of rotatable bonds is 7. The molecule has 0 aliphatic heterocycles. The highest BCUT2D eigenvalue weighted by Crippen LogP contribution is 2.37. The van der Waals surface area contributed by atoms with Crippen LogP contribution in [0.1, 0.15) is 37.1 Å². The summed E-state index contributed by atoms with van der Waals surface area (Å²) in [6.45, 7) is 5.69. The topological polar surface area (TPSA) is 24.1 Å². The first-order chi connectivity index (χ1) is 11.5. The van der Waals surface area contributed by atoms with E-state index in [1.807, 2.05) is 24.3 Å². The Bertz CT molecular complexity index is 631. The van der Waals surface area contributed by atoms with Gasteiger partial charge in [-0.05, 0) is 48.5 Å². The lowest BCUT2D eigenvalue weighted by Gasteiger charge is -2.31. The second kappa shape index (κ2) is 9.28. The minimum absolute atomic E-state index is 0.0570. The van der Waals surface area contributed by atoms with E-state index in [9.17, 15) is 0 Å². The van der Waals surface area contributed by atoms with Crippen LogP contribution >= 0.6 is 46.4 Å². The van der Waals surface area contributed by atoms with Crippen LogP contribution in [0.4, 0.5) is 0 Å². The van der Waals surface area contributed by atoms with Gasteiger partial charge >= 0.3 is 0 Å². The Balaban J connectivity index is 2.50. The molecular formula is C18H20Cl4N2. The predicted octanol–water partition coefficient (Wildman–Crippen LogP) is 6.30. The number of hydrogen-bond acceptors (Lipinski definition) is 2. The zero-order valence-corrected chi connectivity index (χ0v) is 16.6. The van der Waals surface area contributed by atoms with Crippen LogP contribution in [0.3, 0.4) is 0 Å². The van der Waals surface area contributed by atoms with Crippen molar-refractivity contribution in [1.82, 2.24) is 10.6 Å². The predicted molar refractivity (Wildman–Crippen MR) is 106 cm³/mol. The second-order valence-electron chi connectivity index (χ2n) is 5.40. The second-order valence-corrected chi connectivity index (χ2v) is 7.09. The van der Waals surface area contributed by atoms with E-state index in [0.717, 1.165) is 24.2 Å². The Morgan fingerprint density at radius 1 is 0.708 bits per heavy atom. The summed E-state index contributed by atoms with van der Waals surface area (Å²) in [5.74, 6) is 0. The van der Waals surface area contributed by atoms with Crippen molar-refractivity contribution < 1.29 is 0 Å². The summed E-state index contributed by atoms with van der Waals surface area (Å²) in [7, 11) is 0. The molecule has 130 valence electrons. The number of benzene rings is 2. The summed E-state index contributed by atoms with van der Waals surface area (Å²) in [5, 5.41) is 9.49. The fraction of sp³-hybridized carbons (Fsp3) is 0.333. The van der Waals surface area contributed by atoms with Gasteiger partial charge < -0.3 is 10.6 Å². The van der Waals surface area contributed by atoms with E-state index in [-0.39, 0.29) is 12.1 Å². The van der Waals surface area contributed by atoms with Gasteiger partial charge in [0.15, 0.2) is 0 Å². The number of halogens is 4. The summed E-state index contributed by atoms with van der Waals surface area (Å²) in [5.41, 5.74) is 1.94. The molecule has 0 aliphatic rings. The first-order valence-electron chi connectivity index (χ1n) is 7.84. The minimum Gasteiger partial charge on any atom is -0.309 e. The number of nitrogens with one attached hydrogen (secondary N) is 2. The molecule has 0 heterocycles. The molecule has 0 saturated heterocycles. The van der Waals surface area contributed by atoms with Gasteiger partial charge in [-0.25, -0.2) is 0 Å². The fourth-order valence-electron chi connectivity index (χ4n) is 2.76. The molecule has 0 aliphatic carbocycles. The van der Waals surface area contributed by atoms with Gasteiger partial charge in [-0.3, -0.25) is 0 Å². The summed E-state index contributed by atoms with van der Waals surface area (Å²) >= 11 is 25.0. The van der Waals surface area contributed by atoms with E-state index in [1.54, 1.807) is 12.1 Å². The van der Waals surface area contributed by atoms with E-state index in [1.165, 1.54) is 0 Å². The lowest BCUT2D eigenvalue weighted by Crippen LogP contribution is -2.35. The third kappa shape index (κ3) is 4.78. The van der Waals surface area contributed by atoms with Gasteiger partial charge in [-0.2, -0.15) is 0 Å². The molecule has 0 fully saturated rings. The Labute approximate surface area is 163 Å². The van der Waals surface area contributed by atoms with Crippen LogP contribution in [0.2, 0.25) is 20.1 Å². The molecule has 24 heavy (non-hydrogen) atoms. The standard InChI is InChI=1S/C18H20Cl4N2/c1-3-23-17(13-7-5-11(19)9-15(13)21)18(24-4-2)14-8-6-12(20)10-16(14)22/h5-10,17-18,23-24H,3-4H2,1-2H3. The van der Waals surface area contributed by atoms with E-state index in [4.69, 9.17) is 46.4 Å². The average molecular weight is 406 g/mol. The summed E-state index contributed by atoms with van der Waals surface area (Å²) < 4.78 is 0. The maximum atomic E-state index is 6.45. The van der Waals surface area contributed by atoms with Crippen molar-refractivity contribution in [3.63, 3.8) is 0 Å². The average Bonchev–Trinajstić information content (AvgIpc) is 2.52. The lowest BCUT2D eigenvalue weighted by atomic mass is 9.93. The molecule has 2 unspecified atom stereocenters. The van der Waals surface area contributed by atoms with Crippen molar-refractivity contribution in [2.24, 2.45) is 0 Å². The molecule has 2 atom stereocenters. The highest BCUT2D eigenvalue weighted by atomic mass is 35.5. The van der Waals surface area contributed by atoms with Gasteiger partial charge in [-0.1, -0.05) is 72.4 Å². The van der Waals surface area contributed by atoms with Crippen molar-refractivity contribution in [3.8, 4) is 0 Å². The highest BCUT2D eigenvalue weighted by molar-refractivity contribution is 6.35. The van der Waals surface area contributed by atoms with Crippen LogP contribution in [-0.4, -0.2) is 13.1 Å². The quantitative estimate of drug-likeness (QED) is 0.564. The largest absolute Gasteiger partial charge is 0.309 e. The molecule has 2 aromatic carbocycles. The third-order valence-corrected chi connectivity index (χ3v) is 4.90. The van der Waals surface area contributed by atoms with Crippen molar-refractivity contribution in [2.75, 3.05) is 13.1 Å². The molecule has 2 N–H and O–H groups in total. The van der Waals surface area contributed by atoms with E-state index >= 15 is 0 Å². The van der Waals surface area contributed by atoms with Crippen LogP contribution in [0.5, 0.6) is 0 Å². The molecule has 0 amide bonds. The maximum Gasteiger partial charge on any atom is 0.0533 e. The Kier molecular flexibility index (Phi) is 7.67. The zero-order valence-electron chi connectivity index (χ0n) is 13.5. The molecule has 2 nitrogen and oxygen atoms in total. The van der Waals surface area contributed by atoms with E-state index < -0.39 is 0 Å². The van der Waals surface area contributed by atoms with Gasteiger partial charge in [0.2, 0.25) is 0 Å². The van der Waals surface area contributed by atoms with Gasteiger partial charge in [0.25, 0.3) is 0 Å². The van der Waals surface area contributed by atoms with E-state index in [2.05, 4.69) is 24.5 Å². The van der Waals surface area contributed by atoms with Gasteiger partial charge in [0, 0.05) is 20.1 Å². The molecule has 0 bridgehead atoms. The van der Waals surface area contributed by atoms with Crippen LogP contribution < -0.4 is 10.6 Å². The minimum atomic E-state index is -0.0570. The third-order valence-electron chi connectivity index (χ3n) is 3.78. The normalized spacial score (nSPS) is 13.8. The first-order valence-corrected chi connectivity index (χ1v) is 9.35. The summed E-state index contributed by atoms with van der Waals surface area (Å²) in [4.78, 5) is 0. The molecule has 6 heteroatoms. The zero-order chi connectivity index (χ0) is 17.7. The van der Waals surface area contributed by atoms with Crippen LogP contribution in [0.15, 0.2) is 36.4 Å².